The number of hydrogen-bond donors (Lipinski definition) is 1. The molecular formula is C14H20N2O3. The molecule has 2 atom stereocenters. The summed E-state index contributed by atoms with van der Waals surface area (Å²) >= 11 is 0. The van der Waals surface area contributed by atoms with Gasteiger partial charge >= 0.3 is 0 Å². The van der Waals surface area contributed by atoms with Crippen molar-refractivity contribution >= 4 is 0 Å². The van der Waals surface area contributed by atoms with Gasteiger partial charge in [-0.15, -0.1) is 0 Å². The van der Waals surface area contributed by atoms with Gasteiger partial charge in [-0.25, -0.2) is 0 Å². The molecule has 19 heavy (non-hydrogen) atoms. The van der Waals surface area contributed by atoms with Gasteiger partial charge in [0.2, 0.25) is 6.79 Å². The van der Waals surface area contributed by atoms with Crippen LogP contribution in [0.15, 0.2) is 18.2 Å². The van der Waals surface area contributed by atoms with E-state index in [0.29, 0.717) is 12.9 Å². The van der Waals surface area contributed by atoms with E-state index >= 15 is 0 Å². The van der Waals surface area contributed by atoms with Gasteiger partial charge < -0.3 is 19.9 Å². The number of hydrogen-bond acceptors (Lipinski definition) is 5. The predicted molar refractivity (Wildman–Crippen MR) is 71.3 cm³/mol. The average molecular weight is 264 g/mol. The highest BCUT2D eigenvalue weighted by Gasteiger charge is 2.24. The van der Waals surface area contributed by atoms with Crippen molar-refractivity contribution in [2.24, 2.45) is 5.73 Å². The van der Waals surface area contributed by atoms with E-state index in [0.717, 1.165) is 43.1 Å². The van der Waals surface area contributed by atoms with Gasteiger partial charge in [0.1, 0.15) is 0 Å². The molecule has 0 aromatic heterocycles. The molecule has 0 bridgehead atoms. The van der Waals surface area contributed by atoms with Crippen LogP contribution in [0.2, 0.25) is 0 Å². The molecule has 5 nitrogen and oxygen atoms in total. The Balaban J connectivity index is 1.62. The highest BCUT2D eigenvalue weighted by molar-refractivity contribution is 5.45. The molecule has 1 aromatic carbocycles. The number of benzene rings is 1. The molecule has 1 saturated heterocycles. The Kier molecular flexibility index (Phi) is 3.59. The number of nitrogens with zero attached hydrogens (tertiary/aromatic N) is 1. The molecule has 2 N–H and O–H groups in total. The van der Waals surface area contributed by atoms with Crippen LogP contribution in [-0.2, 0) is 4.74 Å². The minimum Gasteiger partial charge on any atom is -0.454 e. The maximum absolute atomic E-state index is 6.28. The molecule has 104 valence electrons. The van der Waals surface area contributed by atoms with Crippen LogP contribution in [0.4, 0.5) is 0 Å². The van der Waals surface area contributed by atoms with Crippen molar-refractivity contribution in [3.05, 3.63) is 23.8 Å². The van der Waals surface area contributed by atoms with Gasteiger partial charge in [0, 0.05) is 32.8 Å². The maximum atomic E-state index is 6.28. The lowest BCUT2D eigenvalue weighted by molar-refractivity contribution is 0.107. The standard InChI is InChI=1S/C14H20N2O3/c1-17-11-4-5-16(7-11)8-12(15)10-2-3-13-14(6-10)19-9-18-13/h2-3,6,11-12H,4-5,7-9,15H2,1H3. The van der Waals surface area contributed by atoms with Crippen LogP contribution < -0.4 is 15.2 Å². The van der Waals surface area contributed by atoms with Crippen LogP contribution in [-0.4, -0.2) is 44.5 Å². The van der Waals surface area contributed by atoms with Gasteiger partial charge in [-0.3, -0.25) is 4.90 Å². The number of methoxy groups -OCH3 is 1. The summed E-state index contributed by atoms with van der Waals surface area (Å²) in [7, 11) is 1.77. The lowest BCUT2D eigenvalue weighted by Crippen LogP contribution is -2.31. The zero-order chi connectivity index (χ0) is 13.2. The molecule has 3 rings (SSSR count). The van der Waals surface area contributed by atoms with E-state index in [1.54, 1.807) is 7.11 Å². The Morgan fingerprint density at radius 3 is 3.05 bits per heavy atom. The van der Waals surface area contributed by atoms with E-state index in [1.165, 1.54) is 0 Å². The van der Waals surface area contributed by atoms with Crippen molar-refractivity contribution in [3.63, 3.8) is 0 Å². The number of ether oxygens (including phenoxy) is 3. The lowest BCUT2D eigenvalue weighted by Gasteiger charge is -2.21. The van der Waals surface area contributed by atoms with Crippen LogP contribution in [0.5, 0.6) is 11.5 Å². The smallest absolute Gasteiger partial charge is 0.231 e. The summed E-state index contributed by atoms with van der Waals surface area (Å²) in [6.45, 7) is 3.17. The lowest BCUT2D eigenvalue weighted by atomic mass is 10.1. The van der Waals surface area contributed by atoms with Crippen LogP contribution in [0.3, 0.4) is 0 Å². The molecule has 0 saturated carbocycles. The van der Waals surface area contributed by atoms with Gasteiger partial charge in [-0.1, -0.05) is 6.07 Å². The second kappa shape index (κ2) is 5.36. The fraction of sp³-hybridized carbons (Fsp3) is 0.571. The van der Waals surface area contributed by atoms with Crippen LogP contribution in [0, 0.1) is 0 Å². The fourth-order valence-electron chi connectivity index (χ4n) is 2.68. The molecule has 0 amide bonds. The molecule has 0 spiro atoms. The highest BCUT2D eigenvalue weighted by atomic mass is 16.7. The second-order valence-electron chi connectivity index (χ2n) is 5.13. The molecule has 2 heterocycles. The van der Waals surface area contributed by atoms with Gasteiger partial charge in [0.05, 0.1) is 6.10 Å². The normalized spacial score (nSPS) is 23.8. The minimum atomic E-state index is -0.00916. The summed E-state index contributed by atoms with van der Waals surface area (Å²) in [6.07, 6.45) is 1.44. The third-order valence-electron chi connectivity index (χ3n) is 3.84. The minimum absolute atomic E-state index is 0.00916. The monoisotopic (exact) mass is 264 g/mol. The summed E-state index contributed by atoms with van der Waals surface area (Å²) in [6, 6.07) is 5.92. The molecule has 1 fully saturated rings. The molecule has 0 radical (unpaired) electrons. The van der Waals surface area contributed by atoms with Crippen molar-refractivity contribution < 1.29 is 14.2 Å². The van der Waals surface area contributed by atoms with E-state index in [-0.39, 0.29) is 6.04 Å². The van der Waals surface area contributed by atoms with Crippen LogP contribution in [0.1, 0.15) is 18.0 Å². The zero-order valence-electron chi connectivity index (χ0n) is 11.2. The largest absolute Gasteiger partial charge is 0.454 e. The van der Waals surface area contributed by atoms with Crippen molar-refractivity contribution in [1.82, 2.24) is 4.90 Å². The van der Waals surface area contributed by atoms with E-state index in [2.05, 4.69) is 4.90 Å². The van der Waals surface area contributed by atoms with Gasteiger partial charge in [0.25, 0.3) is 0 Å². The summed E-state index contributed by atoms with van der Waals surface area (Å²) in [4.78, 5) is 2.35. The second-order valence-corrected chi connectivity index (χ2v) is 5.13. The Labute approximate surface area is 113 Å². The summed E-state index contributed by atoms with van der Waals surface area (Å²) in [5.74, 6) is 1.60. The summed E-state index contributed by atoms with van der Waals surface area (Å²) < 4.78 is 16.1. The van der Waals surface area contributed by atoms with E-state index in [9.17, 15) is 0 Å². The first kappa shape index (κ1) is 12.7. The van der Waals surface area contributed by atoms with Gasteiger partial charge in [-0.2, -0.15) is 0 Å². The Morgan fingerprint density at radius 2 is 2.26 bits per heavy atom. The van der Waals surface area contributed by atoms with E-state index < -0.39 is 0 Å². The van der Waals surface area contributed by atoms with Crippen LogP contribution in [0.25, 0.3) is 0 Å². The Hall–Kier alpha value is -1.30. The molecule has 1 aromatic rings. The van der Waals surface area contributed by atoms with E-state index in [4.69, 9.17) is 19.9 Å². The Morgan fingerprint density at radius 1 is 1.42 bits per heavy atom. The maximum Gasteiger partial charge on any atom is 0.231 e. The SMILES string of the molecule is COC1CCN(CC(N)c2ccc3c(c2)OCO3)C1. The first-order chi connectivity index (χ1) is 9.26. The molecule has 2 aliphatic rings. The quantitative estimate of drug-likeness (QED) is 0.883. The number of fused-ring (bicyclic) bond motifs is 1. The molecule has 2 aliphatic heterocycles. The third kappa shape index (κ3) is 2.68. The third-order valence-corrected chi connectivity index (χ3v) is 3.84. The highest BCUT2D eigenvalue weighted by Crippen LogP contribution is 2.34. The summed E-state index contributed by atoms with van der Waals surface area (Å²) in [5, 5.41) is 0. The van der Waals surface area contributed by atoms with Crippen molar-refractivity contribution in [2.45, 2.75) is 18.6 Å². The van der Waals surface area contributed by atoms with Crippen LogP contribution >= 0.6 is 0 Å². The topological polar surface area (TPSA) is 57.0 Å². The molecule has 2 unspecified atom stereocenters. The first-order valence-corrected chi connectivity index (χ1v) is 6.66. The first-order valence-electron chi connectivity index (χ1n) is 6.66. The predicted octanol–water partition coefficient (Wildman–Crippen LogP) is 1.14. The van der Waals surface area contributed by atoms with Gasteiger partial charge in [0.15, 0.2) is 11.5 Å². The molecular weight excluding hydrogens is 244 g/mol. The van der Waals surface area contributed by atoms with Crippen molar-refractivity contribution in [3.8, 4) is 11.5 Å². The van der Waals surface area contributed by atoms with Crippen molar-refractivity contribution in [2.75, 3.05) is 33.5 Å². The average Bonchev–Trinajstić information content (AvgIpc) is 3.05. The number of likely N-dealkylation sites (tertiary alicyclic amines) is 1. The van der Waals surface area contributed by atoms with E-state index in [1.807, 2.05) is 18.2 Å². The molecule has 0 aliphatic carbocycles. The Bertz CT molecular complexity index is 452. The molecule has 5 heteroatoms. The summed E-state index contributed by atoms with van der Waals surface area (Å²) in [5.41, 5.74) is 7.37. The van der Waals surface area contributed by atoms with Crippen molar-refractivity contribution in [1.29, 1.82) is 0 Å². The van der Waals surface area contributed by atoms with Gasteiger partial charge in [-0.05, 0) is 24.1 Å². The fourth-order valence-corrected chi connectivity index (χ4v) is 2.68. The zero-order valence-corrected chi connectivity index (χ0v) is 11.2. The number of rotatable bonds is 4. The number of nitrogens with two attached hydrogens (primary N) is 1.